The zero-order chi connectivity index (χ0) is 9.97. The lowest BCUT2D eigenvalue weighted by atomic mass is 10.2. The van der Waals surface area contributed by atoms with E-state index in [2.05, 4.69) is 22.2 Å². The van der Waals surface area contributed by atoms with Gasteiger partial charge in [-0.05, 0) is 25.3 Å². The van der Waals surface area contributed by atoms with E-state index in [0.717, 1.165) is 5.92 Å². The van der Waals surface area contributed by atoms with Crippen LogP contribution in [0.5, 0.6) is 0 Å². The third-order valence-electron chi connectivity index (χ3n) is 2.44. The highest BCUT2D eigenvalue weighted by atomic mass is 15.1. The molecule has 2 rings (SSSR count). The number of nitrogens with zero attached hydrogens (tertiary/aromatic N) is 2. The van der Waals surface area contributed by atoms with Crippen LogP contribution in [0.4, 0.5) is 11.8 Å². The van der Waals surface area contributed by atoms with Gasteiger partial charge in [-0.15, -0.1) is 0 Å². The average Bonchev–Trinajstić information content (AvgIpc) is 2.87. The van der Waals surface area contributed by atoms with Crippen molar-refractivity contribution < 1.29 is 0 Å². The molecule has 0 radical (unpaired) electrons. The van der Waals surface area contributed by atoms with Crippen LogP contribution in [0.2, 0.25) is 0 Å². The Balaban J connectivity index is 1.88. The fourth-order valence-electron chi connectivity index (χ4n) is 1.58. The summed E-state index contributed by atoms with van der Waals surface area (Å²) in [6.07, 6.45) is 5.64. The first-order valence-corrected chi connectivity index (χ1v) is 5.09. The van der Waals surface area contributed by atoms with E-state index in [1.54, 1.807) is 12.3 Å². The van der Waals surface area contributed by atoms with E-state index in [1.165, 1.54) is 19.3 Å². The number of nitrogen functional groups attached to an aromatic ring is 1. The van der Waals surface area contributed by atoms with E-state index in [9.17, 15) is 0 Å². The summed E-state index contributed by atoms with van der Waals surface area (Å²) in [6.45, 7) is 2.16. The van der Waals surface area contributed by atoms with Crippen LogP contribution in [0.15, 0.2) is 12.3 Å². The topological polar surface area (TPSA) is 63.8 Å². The van der Waals surface area contributed by atoms with E-state index < -0.39 is 0 Å². The molecule has 1 aromatic heterocycles. The van der Waals surface area contributed by atoms with E-state index >= 15 is 0 Å². The average molecular weight is 192 g/mol. The number of rotatable bonds is 4. The Hall–Kier alpha value is -1.32. The van der Waals surface area contributed by atoms with Gasteiger partial charge in [-0.3, -0.25) is 0 Å². The molecule has 76 valence electrons. The second kappa shape index (κ2) is 3.82. The van der Waals surface area contributed by atoms with Crippen molar-refractivity contribution in [3.8, 4) is 0 Å². The van der Waals surface area contributed by atoms with Crippen molar-refractivity contribution in [3.63, 3.8) is 0 Å². The molecule has 1 atom stereocenters. The highest BCUT2D eigenvalue weighted by Crippen LogP contribution is 2.33. The molecule has 1 aromatic rings. The van der Waals surface area contributed by atoms with Gasteiger partial charge in [0.25, 0.3) is 0 Å². The molecule has 0 unspecified atom stereocenters. The molecule has 0 spiro atoms. The third-order valence-corrected chi connectivity index (χ3v) is 2.44. The number of aromatic nitrogens is 2. The van der Waals surface area contributed by atoms with Gasteiger partial charge in [-0.2, -0.15) is 4.98 Å². The Kier molecular flexibility index (Phi) is 2.52. The lowest BCUT2D eigenvalue weighted by Gasteiger charge is -2.12. The lowest BCUT2D eigenvalue weighted by Crippen LogP contribution is -2.17. The molecule has 1 aliphatic rings. The van der Waals surface area contributed by atoms with E-state index in [4.69, 9.17) is 5.73 Å². The van der Waals surface area contributed by atoms with Crippen molar-refractivity contribution in [2.45, 2.75) is 32.2 Å². The highest BCUT2D eigenvalue weighted by Gasteiger charge is 2.23. The molecule has 1 heterocycles. The van der Waals surface area contributed by atoms with Gasteiger partial charge in [0.05, 0.1) is 0 Å². The molecule has 4 nitrogen and oxygen atoms in total. The van der Waals surface area contributed by atoms with Crippen molar-refractivity contribution in [1.29, 1.82) is 0 Å². The Morgan fingerprint density at radius 1 is 1.64 bits per heavy atom. The summed E-state index contributed by atoms with van der Waals surface area (Å²) < 4.78 is 0. The standard InChI is InChI=1S/C10H16N4/c1-7(6-8-2-3-8)13-10-12-5-4-9(11)14-10/h4-5,7-8H,2-3,6H2,1H3,(H3,11,12,13,14)/t7-/m1/s1. The first-order chi connectivity index (χ1) is 6.74. The fourth-order valence-corrected chi connectivity index (χ4v) is 1.58. The predicted octanol–water partition coefficient (Wildman–Crippen LogP) is 1.66. The molecule has 0 saturated heterocycles. The molecule has 1 aliphatic carbocycles. The van der Waals surface area contributed by atoms with Crippen LogP contribution in [-0.4, -0.2) is 16.0 Å². The van der Waals surface area contributed by atoms with Gasteiger partial charge in [-0.25, -0.2) is 4.98 Å². The quantitative estimate of drug-likeness (QED) is 0.761. The minimum absolute atomic E-state index is 0.435. The van der Waals surface area contributed by atoms with E-state index in [1.807, 2.05) is 0 Å². The molecule has 1 saturated carbocycles. The summed E-state index contributed by atoms with van der Waals surface area (Å²) >= 11 is 0. The van der Waals surface area contributed by atoms with Crippen molar-refractivity contribution in [2.75, 3.05) is 11.1 Å². The molecule has 0 aliphatic heterocycles. The van der Waals surface area contributed by atoms with Crippen molar-refractivity contribution in [2.24, 2.45) is 5.92 Å². The number of anilines is 2. The summed E-state index contributed by atoms with van der Waals surface area (Å²) in [5.41, 5.74) is 5.56. The van der Waals surface area contributed by atoms with Crippen LogP contribution in [0, 0.1) is 5.92 Å². The van der Waals surface area contributed by atoms with Crippen molar-refractivity contribution in [1.82, 2.24) is 9.97 Å². The number of nitrogens with one attached hydrogen (secondary N) is 1. The maximum atomic E-state index is 5.56. The SMILES string of the molecule is C[C@H](CC1CC1)Nc1nccc(N)n1. The van der Waals surface area contributed by atoms with Crippen LogP contribution in [0.3, 0.4) is 0 Å². The summed E-state index contributed by atoms with van der Waals surface area (Å²) in [5, 5.41) is 3.25. The zero-order valence-electron chi connectivity index (χ0n) is 8.40. The largest absolute Gasteiger partial charge is 0.384 e. The molecule has 0 bridgehead atoms. The Labute approximate surface area is 83.9 Å². The lowest BCUT2D eigenvalue weighted by molar-refractivity contribution is 0.637. The second-order valence-electron chi connectivity index (χ2n) is 4.03. The van der Waals surface area contributed by atoms with Gasteiger partial charge in [0, 0.05) is 12.2 Å². The number of hydrogen-bond donors (Lipinski definition) is 2. The van der Waals surface area contributed by atoms with E-state index in [-0.39, 0.29) is 0 Å². The zero-order valence-corrected chi connectivity index (χ0v) is 8.40. The van der Waals surface area contributed by atoms with Gasteiger partial charge in [0.1, 0.15) is 5.82 Å². The first-order valence-electron chi connectivity index (χ1n) is 5.09. The van der Waals surface area contributed by atoms with Crippen LogP contribution in [0.1, 0.15) is 26.2 Å². The summed E-state index contributed by atoms with van der Waals surface area (Å²) in [4.78, 5) is 8.20. The van der Waals surface area contributed by atoms with Crippen LogP contribution in [-0.2, 0) is 0 Å². The molecule has 0 amide bonds. The van der Waals surface area contributed by atoms with Crippen LogP contribution in [0.25, 0.3) is 0 Å². The molecule has 4 heteroatoms. The molecule has 0 aromatic carbocycles. The van der Waals surface area contributed by atoms with Crippen molar-refractivity contribution >= 4 is 11.8 Å². The van der Waals surface area contributed by atoms with Crippen LogP contribution < -0.4 is 11.1 Å². The highest BCUT2D eigenvalue weighted by molar-refractivity contribution is 5.35. The Bertz CT molecular complexity index is 309. The number of nitrogens with two attached hydrogens (primary N) is 1. The molecule has 3 N–H and O–H groups in total. The van der Waals surface area contributed by atoms with Gasteiger partial charge < -0.3 is 11.1 Å². The molecule has 14 heavy (non-hydrogen) atoms. The summed E-state index contributed by atoms with van der Waals surface area (Å²) in [7, 11) is 0. The summed E-state index contributed by atoms with van der Waals surface area (Å²) in [6, 6.07) is 2.13. The first kappa shape index (κ1) is 9.24. The number of hydrogen-bond acceptors (Lipinski definition) is 4. The van der Waals surface area contributed by atoms with Gasteiger partial charge in [0.2, 0.25) is 5.95 Å². The molecule has 1 fully saturated rings. The van der Waals surface area contributed by atoms with Gasteiger partial charge in [0.15, 0.2) is 0 Å². The minimum atomic E-state index is 0.435. The third kappa shape index (κ3) is 2.58. The van der Waals surface area contributed by atoms with Gasteiger partial charge in [-0.1, -0.05) is 12.8 Å². The smallest absolute Gasteiger partial charge is 0.224 e. The molecular weight excluding hydrogens is 176 g/mol. The summed E-state index contributed by atoms with van der Waals surface area (Å²) in [5.74, 6) is 2.07. The maximum absolute atomic E-state index is 5.56. The normalized spacial score (nSPS) is 17.8. The fraction of sp³-hybridized carbons (Fsp3) is 0.600. The van der Waals surface area contributed by atoms with Crippen LogP contribution >= 0.6 is 0 Å². The predicted molar refractivity (Wildman–Crippen MR) is 56.9 cm³/mol. The Morgan fingerprint density at radius 3 is 3.07 bits per heavy atom. The van der Waals surface area contributed by atoms with Gasteiger partial charge >= 0.3 is 0 Å². The monoisotopic (exact) mass is 192 g/mol. The second-order valence-corrected chi connectivity index (χ2v) is 4.03. The minimum Gasteiger partial charge on any atom is -0.384 e. The maximum Gasteiger partial charge on any atom is 0.224 e. The molecular formula is C10H16N4. The van der Waals surface area contributed by atoms with Crippen molar-refractivity contribution in [3.05, 3.63) is 12.3 Å². The Morgan fingerprint density at radius 2 is 2.43 bits per heavy atom. The van der Waals surface area contributed by atoms with E-state index in [0.29, 0.717) is 17.8 Å².